The second kappa shape index (κ2) is 5.39. The fraction of sp³-hybridized carbons (Fsp3) is 0.217. The van der Waals surface area contributed by atoms with Gasteiger partial charge in [0.25, 0.3) is 0 Å². The molecule has 0 aromatic heterocycles. The Labute approximate surface area is 156 Å². The number of benzene rings is 3. The molecule has 2 atom stereocenters. The van der Waals surface area contributed by atoms with Crippen molar-refractivity contribution in [3.05, 3.63) is 83.4 Å². The second-order valence-electron chi connectivity index (χ2n) is 7.95. The third kappa shape index (κ3) is 2.14. The molecule has 0 saturated carbocycles. The van der Waals surface area contributed by atoms with Crippen molar-refractivity contribution in [2.24, 2.45) is 0 Å². The fourth-order valence-corrected chi connectivity index (χ4v) is 29.7. The van der Waals surface area contributed by atoms with E-state index in [4.69, 9.17) is 0 Å². The SMILES string of the molecule is Cc1ccc2c(c1)[As+]1(C)Cc3ccccc3C[As+]2(C)c2ccccc21. The maximum atomic E-state index is 2.65. The van der Waals surface area contributed by atoms with Crippen LogP contribution in [0.15, 0.2) is 66.7 Å². The molecule has 3 aliphatic rings. The summed E-state index contributed by atoms with van der Waals surface area (Å²) in [7, 11) is 0. The van der Waals surface area contributed by atoms with Crippen molar-refractivity contribution in [3.63, 3.8) is 0 Å². The summed E-state index contributed by atoms with van der Waals surface area (Å²) in [5.41, 5.74) is 9.99. The molecule has 0 radical (unpaired) electrons. The zero-order valence-corrected chi connectivity index (χ0v) is 18.9. The zero-order chi connectivity index (χ0) is 17.2. The molecule has 2 bridgehead atoms. The Kier molecular flexibility index (Phi) is 3.45. The Morgan fingerprint density at radius 2 is 1.08 bits per heavy atom. The molecule has 0 nitrogen and oxygen atoms in total. The predicted molar refractivity (Wildman–Crippen MR) is 113 cm³/mol. The quantitative estimate of drug-likeness (QED) is 0.462. The fourth-order valence-electron chi connectivity index (χ4n) is 4.89. The van der Waals surface area contributed by atoms with Gasteiger partial charge in [-0.1, -0.05) is 0 Å². The number of hydrogen-bond acceptors (Lipinski definition) is 0. The molecular weight excluding hydrogens is 426 g/mol. The van der Waals surface area contributed by atoms with Crippen LogP contribution in [0.5, 0.6) is 0 Å². The summed E-state index contributed by atoms with van der Waals surface area (Å²) in [5.74, 6) is 0. The van der Waals surface area contributed by atoms with Crippen molar-refractivity contribution in [2.75, 3.05) is 0 Å². The predicted octanol–water partition coefficient (Wildman–Crippen LogP) is 2.57. The van der Waals surface area contributed by atoms with E-state index in [0.717, 1.165) is 0 Å². The van der Waals surface area contributed by atoms with Crippen molar-refractivity contribution in [1.29, 1.82) is 0 Å². The number of hydrogen-bond donors (Lipinski definition) is 0. The van der Waals surface area contributed by atoms with E-state index in [-0.39, 0.29) is 0 Å². The van der Waals surface area contributed by atoms with Gasteiger partial charge in [0, 0.05) is 0 Å². The van der Waals surface area contributed by atoms with Gasteiger partial charge in [0.05, 0.1) is 0 Å². The monoisotopic (exact) mass is 450 g/mol. The average Bonchev–Trinajstić information content (AvgIpc) is 2.61. The van der Waals surface area contributed by atoms with Gasteiger partial charge in [-0.3, -0.25) is 0 Å². The van der Waals surface area contributed by atoms with Gasteiger partial charge in [-0.05, 0) is 0 Å². The molecule has 2 unspecified atom stereocenters. The summed E-state index contributed by atoms with van der Waals surface area (Å²) in [6, 6.07) is 26.3. The zero-order valence-electron chi connectivity index (χ0n) is 15.2. The summed E-state index contributed by atoms with van der Waals surface area (Å²) >= 11 is -4.37. The van der Waals surface area contributed by atoms with Crippen molar-refractivity contribution in [1.82, 2.24) is 0 Å². The molecular formula is C23H24As2+2. The van der Waals surface area contributed by atoms with Crippen LogP contribution in [0.25, 0.3) is 0 Å². The minimum atomic E-state index is -2.19. The van der Waals surface area contributed by atoms with Crippen molar-refractivity contribution < 1.29 is 0 Å². The van der Waals surface area contributed by atoms with E-state index in [9.17, 15) is 0 Å². The van der Waals surface area contributed by atoms with Crippen LogP contribution in [0.3, 0.4) is 0 Å². The van der Waals surface area contributed by atoms with Gasteiger partial charge in [-0.2, -0.15) is 0 Å². The minimum absolute atomic E-state index is 1.28. The second-order valence-corrected chi connectivity index (χ2v) is 23.3. The average molecular weight is 450 g/mol. The van der Waals surface area contributed by atoms with E-state index in [2.05, 4.69) is 85.1 Å². The van der Waals surface area contributed by atoms with Crippen LogP contribution in [-0.2, 0) is 10.4 Å². The van der Waals surface area contributed by atoms with Crippen LogP contribution in [0.4, 0.5) is 0 Å². The standard InChI is InChI=1S/C23H24As2/c1-17-12-13-22-23(14-17)25(3)16-19-9-5-4-8-18(19)15-24(22,2)20-10-6-7-11-21(20)25/h4-14H,15-16H2,1-3H3/q+2. The van der Waals surface area contributed by atoms with E-state index in [1.165, 1.54) is 16.0 Å². The molecule has 3 aromatic carbocycles. The molecule has 0 saturated heterocycles. The van der Waals surface area contributed by atoms with Gasteiger partial charge in [-0.15, -0.1) is 0 Å². The molecule has 124 valence electrons. The van der Waals surface area contributed by atoms with Gasteiger partial charge in [0.1, 0.15) is 0 Å². The topological polar surface area (TPSA) is 0 Å². The van der Waals surface area contributed by atoms with Gasteiger partial charge in [-0.25, -0.2) is 0 Å². The van der Waals surface area contributed by atoms with Crippen molar-refractivity contribution >= 4 is 44.5 Å². The number of aryl methyl sites for hydroxylation is 1. The molecule has 0 spiro atoms. The Morgan fingerprint density at radius 3 is 1.68 bits per heavy atom. The van der Waals surface area contributed by atoms with E-state index in [0.29, 0.717) is 0 Å². The van der Waals surface area contributed by atoms with Crippen LogP contribution in [-0.4, -0.2) is 27.1 Å². The van der Waals surface area contributed by atoms with Gasteiger partial charge in [0.15, 0.2) is 0 Å². The van der Waals surface area contributed by atoms with Crippen LogP contribution >= 0.6 is 0 Å². The Hall–Kier alpha value is -1.22. The van der Waals surface area contributed by atoms with Gasteiger partial charge in [0.2, 0.25) is 0 Å². The Morgan fingerprint density at radius 1 is 0.600 bits per heavy atom. The van der Waals surface area contributed by atoms with E-state index < -0.39 is 27.1 Å². The molecule has 3 aromatic rings. The first-order valence-corrected chi connectivity index (χ1v) is 19.2. The van der Waals surface area contributed by atoms with Crippen LogP contribution in [0.1, 0.15) is 16.7 Å². The first kappa shape index (κ1) is 16.0. The molecule has 0 fully saturated rings. The van der Waals surface area contributed by atoms with E-state index in [1.807, 2.05) is 0 Å². The molecule has 0 aliphatic carbocycles. The molecule has 2 heteroatoms. The summed E-state index contributed by atoms with van der Waals surface area (Å²) in [4.78, 5) is 0. The summed E-state index contributed by atoms with van der Waals surface area (Å²) in [5, 5.41) is 2.55. The Bertz CT molecular complexity index is 1010. The normalized spacial score (nSPS) is 26.2. The Balaban J connectivity index is 1.92. The van der Waals surface area contributed by atoms with Gasteiger partial charge >= 0.3 is 157 Å². The first-order chi connectivity index (χ1) is 12.0. The molecule has 0 N–H and O–H groups in total. The first-order valence-electron chi connectivity index (χ1n) is 9.02. The number of rotatable bonds is 0. The summed E-state index contributed by atoms with van der Waals surface area (Å²) in [6.07, 6.45) is 0. The third-order valence-electron chi connectivity index (χ3n) is 6.23. The summed E-state index contributed by atoms with van der Waals surface area (Å²) in [6.45, 7) is 2.27. The van der Waals surface area contributed by atoms with Crippen molar-refractivity contribution in [3.8, 4) is 0 Å². The molecule has 6 rings (SSSR count). The summed E-state index contributed by atoms with van der Waals surface area (Å²) < 4.78 is 7.08. The molecule has 25 heavy (non-hydrogen) atoms. The van der Waals surface area contributed by atoms with Gasteiger partial charge < -0.3 is 0 Å². The molecule has 0 amide bonds. The maximum absolute atomic E-state index is 2.65. The van der Waals surface area contributed by atoms with E-state index in [1.54, 1.807) is 28.5 Å². The van der Waals surface area contributed by atoms with Crippen LogP contribution in [0.2, 0.25) is 11.4 Å². The van der Waals surface area contributed by atoms with E-state index >= 15 is 0 Å². The van der Waals surface area contributed by atoms with Crippen molar-refractivity contribution in [2.45, 2.75) is 28.8 Å². The van der Waals surface area contributed by atoms with Crippen LogP contribution in [0, 0.1) is 6.92 Å². The molecule has 3 aliphatic heterocycles. The molecule has 3 heterocycles. The third-order valence-corrected chi connectivity index (χ3v) is 24.1. The van der Waals surface area contributed by atoms with Crippen LogP contribution < -0.4 is 17.4 Å².